The van der Waals surface area contributed by atoms with Crippen molar-refractivity contribution >= 4 is 0 Å². The van der Waals surface area contributed by atoms with Crippen molar-refractivity contribution in [2.24, 2.45) is 0 Å². The van der Waals surface area contributed by atoms with Gasteiger partial charge in [0.25, 0.3) is 0 Å². The van der Waals surface area contributed by atoms with Crippen molar-refractivity contribution in [1.82, 2.24) is 15.3 Å². The zero-order chi connectivity index (χ0) is 18.3. The molecule has 5 nitrogen and oxygen atoms in total. The average molecular weight is 350 g/mol. The lowest BCUT2D eigenvalue weighted by Crippen LogP contribution is -2.19. The van der Waals surface area contributed by atoms with Gasteiger partial charge in [0.15, 0.2) is 0 Å². The van der Waals surface area contributed by atoms with Crippen LogP contribution < -0.4 is 5.32 Å². The van der Waals surface area contributed by atoms with E-state index in [1.165, 1.54) is 12.1 Å². The molecule has 0 spiro atoms. The Morgan fingerprint density at radius 3 is 2.64 bits per heavy atom. The average Bonchev–Trinajstić information content (AvgIpc) is 2.60. The van der Waals surface area contributed by atoms with Crippen molar-refractivity contribution in [1.29, 1.82) is 5.26 Å². The van der Waals surface area contributed by atoms with Crippen molar-refractivity contribution in [3.63, 3.8) is 0 Å². The van der Waals surface area contributed by atoms with Gasteiger partial charge in [0, 0.05) is 17.8 Å². The van der Waals surface area contributed by atoms with Gasteiger partial charge < -0.3 is 10.4 Å². The minimum absolute atomic E-state index is 0.0474. The summed E-state index contributed by atoms with van der Waals surface area (Å²) >= 11 is 0. The van der Waals surface area contributed by atoms with Crippen LogP contribution in [0.25, 0.3) is 11.3 Å². The molecule has 0 aliphatic rings. The van der Waals surface area contributed by atoms with Crippen molar-refractivity contribution in [3.05, 3.63) is 47.4 Å². The van der Waals surface area contributed by atoms with E-state index in [4.69, 9.17) is 10.4 Å². The SMILES string of the molecule is N#Cc1nc(CCCNCCO)cc(-c2cccc(C(F)(F)F)c2)n1. The molecular formula is C17H17F3N4O. The molecule has 0 unspecified atom stereocenters. The van der Waals surface area contributed by atoms with Crippen LogP contribution in [-0.2, 0) is 12.6 Å². The van der Waals surface area contributed by atoms with E-state index in [2.05, 4.69) is 15.3 Å². The van der Waals surface area contributed by atoms with E-state index in [1.807, 2.05) is 6.07 Å². The molecule has 8 heteroatoms. The van der Waals surface area contributed by atoms with Gasteiger partial charge in [-0.25, -0.2) is 9.97 Å². The normalized spacial score (nSPS) is 11.3. The molecular weight excluding hydrogens is 333 g/mol. The van der Waals surface area contributed by atoms with Gasteiger partial charge in [-0.2, -0.15) is 18.4 Å². The highest BCUT2D eigenvalue weighted by Gasteiger charge is 2.30. The van der Waals surface area contributed by atoms with Crippen molar-refractivity contribution in [2.75, 3.05) is 19.7 Å². The summed E-state index contributed by atoms with van der Waals surface area (Å²) in [7, 11) is 0. The maximum absolute atomic E-state index is 12.9. The second kappa shape index (κ2) is 8.55. The molecule has 0 atom stereocenters. The molecule has 2 N–H and O–H groups in total. The topological polar surface area (TPSA) is 81.8 Å². The number of nitrogens with zero attached hydrogens (tertiary/aromatic N) is 3. The third kappa shape index (κ3) is 5.52. The molecule has 0 aliphatic carbocycles. The second-order valence-corrected chi connectivity index (χ2v) is 5.34. The van der Waals surface area contributed by atoms with Gasteiger partial charge in [-0.3, -0.25) is 0 Å². The third-order valence-electron chi connectivity index (χ3n) is 3.44. The van der Waals surface area contributed by atoms with E-state index in [0.29, 0.717) is 31.6 Å². The third-order valence-corrected chi connectivity index (χ3v) is 3.44. The van der Waals surface area contributed by atoms with Crippen molar-refractivity contribution < 1.29 is 18.3 Å². The quantitative estimate of drug-likeness (QED) is 0.750. The van der Waals surface area contributed by atoms with Gasteiger partial charge in [0.2, 0.25) is 5.82 Å². The van der Waals surface area contributed by atoms with Gasteiger partial charge in [-0.05, 0) is 37.6 Å². The van der Waals surface area contributed by atoms with Gasteiger partial charge in [-0.1, -0.05) is 12.1 Å². The van der Waals surface area contributed by atoms with Crippen molar-refractivity contribution in [3.8, 4) is 17.3 Å². The fourth-order valence-corrected chi connectivity index (χ4v) is 2.28. The first-order chi connectivity index (χ1) is 11.9. The Balaban J connectivity index is 2.23. The predicted molar refractivity (Wildman–Crippen MR) is 85.5 cm³/mol. The largest absolute Gasteiger partial charge is 0.416 e. The fourth-order valence-electron chi connectivity index (χ4n) is 2.28. The van der Waals surface area contributed by atoms with Crippen LogP contribution in [0.3, 0.4) is 0 Å². The number of rotatable bonds is 7. The van der Waals surface area contributed by atoms with Crippen LogP contribution in [-0.4, -0.2) is 34.8 Å². The number of aryl methyl sites for hydroxylation is 1. The number of aliphatic hydroxyl groups excluding tert-OH is 1. The molecule has 25 heavy (non-hydrogen) atoms. The van der Waals surface area contributed by atoms with Crippen molar-refractivity contribution in [2.45, 2.75) is 19.0 Å². The molecule has 0 saturated heterocycles. The van der Waals surface area contributed by atoms with E-state index in [9.17, 15) is 13.2 Å². The smallest absolute Gasteiger partial charge is 0.395 e. The highest BCUT2D eigenvalue weighted by molar-refractivity contribution is 5.61. The summed E-state index contributed by atoms with van der Waals surface area (Å²) in [5, 5.41) is 20.8. The Labute approximate surface area is 143 Å². The number of aliphatic hydroxyl groups is 1. The van der Waals surface area contributed by atoms with Crippen LogP contribution in [0, 0.1) is 11.3 Å². The van der Waals surface area contributed by atoms with E-state index in [1.54, 1.807) is 6.07 Å². The summed E-state index contributed by atoms with van der Waals surface area (Å²) in [6.45, 7) is 1.19. The summed E-state index contributed by atoms with van der Waals surface area (Å²) in [5.41, 5.74) is 0.394. The Kier molecular flexibility index (Phi) is 6.44. The second-order valence-electron chi connectivity index (χ2n) is 5.34. The first-order valence-electron chi connectivity index (χ1n) is 7.71. The van der Waals surface area contributed by atoms with E-state index in [-0.39, 0.29) is 23.7 Å². The van der Waals surface area contributed by atoms with Crippen LogP contribution in [0.4, 0.5) is 13.2 Å². The van der Waals surface area contributed by atoms with Crippen LogP contribution >= 0.6 is 0 Å². The summed E-state index contributed by atoms with van der Waals surface area (Å²) in [6, 6.07) is 8.27. The molecule has 0 aliphatic heterocycles. The van der Waals surface area contributed by atoms with E-state index >= 15 is 0 Å². The van der Waals surface area contributed by atoms with Crippen LogP contribution in [0.5, 0.6) is 0 Å². The fraction of sp³-hybridized carbons (Fsp3) is 0.353. The highest BCUT2D eigenvalue weighted by Crippen LogP contribution is 2.31. The molecule has 0 amide bonds. The highest BCUT2D eigenvalue weighted by atomic mass is 19.4. The molecule has 0 radical (unpaired) electrons. The molecule has 132 valence electrons. The van der Waals surface area contributed by atoms with Gasteiger partial charge >= 0.3 is 6.18 Å². The number of hydrogen-bond acceptors (Lipinski definition) is 5. The maximum Gasteiger partial charge on any atom is 0.416 e. The number of halogens is 3. The lowest BCUT2D eigenvalue weighted by molar-refractivity contribution is -0.137. The molecule has 0 saturated carbocycles. The summed E-state index contributed by atoms with van der Waals surface area (Å²) in [4.78, 5) is 8.11. The predicted octanol–water partition coefficient (Wildman–Crippen LogP) is 2.55. The Hall–Kier alpha value is -2.50. The number of aromatic nitrogens is 2. The minimum Gasteiger partial charge on any atom is -0.395 e. The standard InChI is InChI=1S/C17H17F3N4O/c18-17(19,20)13-4-1-3-12(9-13)15-10-14(23-16(11-21)24-15)5-2-6-22-7-8-25/h1,3-4,9-10,22,25H,2,5-8H2. The van der Waals surface area contributed by atoms with Crippen LogP contribution in [0.15, 0.2) is 30.3 Å². The molecule has 2 rings (SSSR count). The summed E-state index contributed by atoms with van der Waals surface area (Å²) < 4.78 is 38.6. The molecule has 1 aromatic heterocycles. The molecule has 0 bridgehead atoms. The number of nitrogens with one attached hydrogen (secondary N) is 1. The van der Waals surface area contributed by atoms with Gasteiger partial charge in [0.1, 0.15) is 6.07 Å². The number of nitriles is 1. The number of benzene rings is 1. The Bertz CT molecular complexity index is 756. The van der Waals surface area contributed by atoms with E-state index < -0.39 is 11.7 Å². The lowest BCUT2D eigenvalue weighted by atomic mass is 10.1. The number of alkyl halides is 3. The molecule has 2 aromatic rings. The Morgan fingerprint density at radius 2 is 1.96 bits per heavy atom. The monoisotopic (exact) mass is 350 g/mol. The molecule has 1 heterocycles. The maximum atomic E-state index is 12.9. The summed E-state index contributed by atoms with van der Waals surface area (Å²) in [5.74, 6) is -0.0757. The molecule has 1 aromatic carbocycles. The van der Waals surface area contributed by atoms with E-state index in [0.717, 1.165) is 12.1 Å². The van der Waals surface area contributed by atoms with Crippen LogP contribution in [0.1, 0.15) is 23.5 Å². The van der Waals surface area contributed by atoms with Crippen LogP contribution in [0.2, 0.25) is 0 Å². The van der Waals surface area contributed by atoms with Gasteiger partial charge in [-0.15, -0.1) is 0 Å². The first-order valence-corrected chi connectivity index (χ1v) is 7.71. The first kappa shape index (κ1) is 18.8. The zero-order valence-electron chi connectivity index (χ0n) is 13.3. The Morgan fingerprint density at radius 1 is 1.16 bits per heavy atom. The number of hydrogen-bond donors (Lipinski definition) is 2. The lowest BCUT2D eigenvalue weighted by Gasteiger charge is -2.09. The molecule has 0 fully saturated rings. The zero-order valence-corrected chi connectivity index (χ0v) is 13.3. The minimum atomic E-state index is -4.44. The summed E-state index contributed by atoms with van der Waals surface area (Å²) in [6.07, 6.45) is -3.19. The van der Waals surface area contributed by atoms with Gasteiger partial charge in [0.05, 0.1) is 17.9 Å².